The van der Waals surface area contributed by atoms with Crippen LogP contribution >= 0.6 is 11.6 Å². The van der Waals surface area contributed by atoms with Crippen LogP contribution in [0, 0.1) is 6.92 Å². The van der Waals surface area contributed by atoms with E-state index in [9.17, 15) is 9.59 Å². The van der Waals surface area contributed by atoms with Crippen molar-refractivity contribution in [3.8, 4) is 0 Å². The molecule has 0 bridgehead atoms. The minimum atomic E-state index is -0.140. The summed E-state index contributed by atoms with van der Waals surface area (Å²) in [5.74, 6) is -0.0851. The highest BCUT2D eigenvalue weighted by atomic mass is 35.5. The van der Waals surface area contributed by atoms with Gasteiger partial charge in [0, 0.05) is 54.2 Å². The predicted octanol–water partition coefficient (Wildman–Crippen LogP) is 3.89. The largest absolute Gasteiger partial charge is 0.368 e. The van der Waals surface area contributed by atoms with Gasteiger partial charge in [0.25, 0.3) is 5.91 Å². The molecule has 1 saturated carbocycles. The Morgan fingerprint density at radius 2 is 1.79 bits per heavy atom. The van der Waals surface area contributed by atoms with Crippen molar-refractivity contribution in [2.24, 2.45) is 0 Å². The monoisotopic (exact) mass is 412 g/mol. The number of amides is 3. The molecule has 4 rings (SSSR count). The van der Waals surface area contributed by atoms with Gasteiger partial charge < -0.3 is 20.4 Å². The van der Waals surface area contributed by atoms with Crippen molar-refractivity contribution >= 4 is 34.9 Å². The number of nitrogens with one attached hydrogen (secondary N) is 2. The van der Waals surface area contributed by atoms with Gasteiger partial charge in [-0.15, -0.1) is 0 Å². The SMILES string of the molecule is Cc1ccc(C(=O)NC2CC2)cc1NC(=O)N1CCN(c2cccc(Cl)c2)CC1. The lowest BCUT2D eigenvalue weighted by Crippen LogP contribution is -2.50. The first-order chi connectivity index (χ1) is 14.0. The number of hydrogen-bond donors (Lipinski definition) is 2. The standard InChI is InChI=1S/C22H25ClN4O2/c1-15-5-6-16(21(28)24-18-7-8-18)13-20(15)25-22(29)27-11-9-26(10-12-27)19-4-2-3-17(23)14-19/h2-6,13-14,18H,7-12H2,1H3,(H,24,28)(H,25,29). The van der Waals surface area contributed by atoms with Crippen LogP contribution in [-0.4, -0.2) is 49.1 Å². The molecule has 2 N–H and O–H groups in total. The second kappa shape index (κ2) is 8.33. The molecule has 1 heterocycles. The van der Waals surface area contributed by atoms with Crippen molar-refractivity contribution in [1.82, 2.24) is 10.2 Å². The Morgan fingerprint density at radius 1 is 1.03 bits per heavy atom. The summed E-state index contributed by atoms with van der Waals surface area (Å²) in [6.07, 6.45) is 2.09. The van der Waals surface area contributed by atoms with Gasteiger partial charge in [0.2, 0.25) is 0 Å². The summed E-state index contributed by atoms with van der Waals surface area (Å²) >= 11 is 6.08. The molecule has 29 heavy (non-hydrogen) atoms. The first kappa shape index (κ1) is 19.6. The molecule has 0 atom stereocenters. The molecule has 0 unspecified atom stereocenters. The zero-order valence-corrected chi connectivity index (χ0v) is 17.2. The number of aryl methyl sites for hydroxylation is 1. The first-order valence-electron chi connectivity index (χ1n) is 9.97. The van der Waals surface area contributed by atoms with Gasteiger partial charge >= 0.3 is 6.03 Å². The third kappa shape index (κ3) is 4.82. The summed E-state index contributed by atoms with van der Waals surface area (Å²) in [6.45, 7) is 4.67. The number of piperazine rings is 1. The van der Waals surface area contributed by atoms with Gasteiger partial charge in [-0.1, -0.05) is 23.7 Å². The molecule has 0 radical (unpaired) electrons. The molecule has 0 aromatic heterocycles. The van der Waals surface area contributed by atoms with Gasteiger partial charge in [-0.05, 0) is 55.7 Å². The molecule has 1 aliphatic heterocycles. The van der Waals surface area contributed by atoms with Gasteiger partial charge in [-0.2, -0.15) is 0 Å². The van der Waals surface area contributed by atoms with Crippen LogP contribution in [0.1, 0.15) is 28.8 Å². The van der Waals surface area contributed by atoms with Crippen LogP contribution in [0.25, 0.3) is 0 Å². The fourth-order valence-electron chi connectivity index (χ4n) is 3.43. The van der Waals surface area contributed by atoms with Gasteiger partial charge in [0.05, 0.1) is 0 Å². The summed E-state index contributed by atoms with van der Waals surface area (Å²) in [5, 5.41) is 6.67. The highest BCUT2D eigenvalue weighted by molar-refractivity contribution is 6.30. The van der Waals surface area contributed by atoms with Crippen LogP contribution in [0.3, 0.4) is 0 Å². The number of rotatable bonds is 4. The predicted molar refractivity (Wildman–Crippen MR) is 116 cm³/mol. The van der Waals surface area contributed by atoms with E-state index in [1.807, 2.05) is 37.3 Å². The number of anilines is 2. The van der Waals surface area contributed by atoms with Crippen molar-refractivity contribution in [3.05, 3.63) is 58.6 Å². The Balaban J connectivity index is 1.36. The van der Waals surface area contributed by atoms with Crippen molar-refractivity contribution in [3.63, 3.8) is 0 Å². The van der Waals surface area contributed by atoms with Crippen LogP contribution in [0.4, 0.5) is 16.2 Å². The molecule has 6 nitrogen and oxygen atoms in total. The zero-order valence-electron chi connectivity index (χ0n) is 16.5. The maximum Gasteiger partial charge on any atom is 0.321 e. The second-order valence-corrected chi connectivity index (χ2v) is 8.10. The smallest absolute Gasteiger partial charge is 0.321 e. The number of benzene rings is 2. The Hall–Kier alpha value is -2.73. The third-order valence-corrected chi connectivity index (χ3v) is 5.63. The van der Waals surface area contributed by atoms with Gasteiger partial charge in [0.1, 0.15) is 0 Å². The molecular formula is C22H25ClN4O2. The van der Waals surface area contributed by atoms with Crippen LogP contribution < -0.4 is 15.5 Å². The van der Waals surface area contributed by atoms with Crippen molar-refractivity contribution in [2.75, 3.05) is 36.4 Å². The average molecular weight is 413 g/mol. The molecular weight excluding hydrogens is 388 g/mol. The molecule has 2 aromatic rings. The molecule has 7 heteroatoms. The van der Waals surface area contributed by atoms with Crippen LogP contribution in [0.2, 0.25) is 5.02 Å². The van der Waals surface area contributed by atoms with E-state index in [1.54, 1.807) is 17.0 Å². The fourth-order valence-corrected chi connectivity index (χ4v) is 3.61. The number of nitrogens with zero attached hydrogens (tertiary/aromatic N) is 2. The Labute approximate surface area is 175 Å². The summed E-state index contributed by atoms with van der Waals surface area (Å²) in [5.41, 5.74) is 3.25. The molecule has 2 aromatic carbocycles. The molecule has 1 aliphatic carbocycles. The summed E-state index contributed by atoms with van der Waals surface area (Å²) in [6, 6.07) is 13.4. The molecule has 3 amide bonds. The quantitative estimate of drug-likeness (QED) is 0.800. The summed E-state index contributed by atoms with van der Waals surface area (Å²) < 4.78 is 0. The van der Waals surface area contributed by atoms with E-state index in [-0.39, 0.29) is 11.9 Å². The normalized spacial score (nSPS) is 16.5. The van der Waals surface area contributed by atoms with Gasteiger partial charge in [-0.25, -0.2) is 4.79 Å². The van der Waals surface area contributed by atoms with Crippen molar-refractivity contribution < 1.29 is 9.59 Å². The van der Waals surface area contributed by atoms with Crippen LogP contribution in [0.5, 0.6) is 0 Å². The topological polar surface area (TPSA) is 64.7 Å². The van der Waals surface area contributed by atoms with Crippen LogP contribution in [-0.2, 0) is 0 Å². The third-order valence-electron chi connectivity index (χ3n) is 5.39. The maximum absolute atomic E-state index is 12.8. The Kier molecular flexibility index (Phi) is 5.62. The highest BCUT2D eigenvalue weighted by Crippen LogP contribution is 2.23. The second-order valence-electron chi connectivity index (χ2n) is 7.66. The molecule has 2 fully saturated rings. The Morgan fingerprint density at radius 3 is 2.48 bits per heavy atom. The lowest BCUT2D eigenvalue weighted by molar-refractivity contribution is 0.0951. The van der Waals surface area contributed by atoms with E-state index in [1.165, 1.54) is 0 Å². The van der Waals surface area contributed by atoms with E-state index in [2.05, 4.69) is 15.5 Å². The van der Waals surface area contributed by atoms with Gasteiger partial charge in [-0.3, -0.25) is 4.79 Å². The lowest BCUT2D eigenvalue weighted by Gasteiger charge is -2.36. The minimum absolute atomic E-state index is 0.0851. The number of halogens is 1. The van der Waals surface area contributed by atoms with E-state index in [0.717, 1.165) is 37.2 Å². The summed E-state index contributed by atoms with van der Waals surface area (Å²) in [4.78, 5) is 29.1. The molecule has 1 saturated heterocycles. The van der Waals surface area contributed by atoms with E-state index >= 15 is 0 Å². The maximum atomic E-state index is 12.8. The summed E-state index contributed by atoms with van der Waals surface area (Å²) in [7, 11) is 0. The van der Waals surface area contributed by atoms with Crippen molar-refractivity contribution in [2.45, 2.75) is 25.8 Å². The van der Waals surface area contributed by atoms with E-state index in [4.69, 9.17) is 11.6 Å². The number of hydrogen-bond acceptors (Lipinski definition) is 3. The Bertz CT molecular complexity index is 921. The van der Waals surface area contributed by atoms with Crippen LogP contribution in [0.15, 0.2) is 42.5 Å². The zero-order chi connectivity index (χ0) is 20.4. The number of carbonyl (C=O) groups is 2. The average Bonchev–Trinajstić information content (AvgIpc) is 3.53. The molecule has 152 valence electrons. The molecule has 0 spiro atoms. The first-order valence-corrected chi connectivity index (χ1v) is 10.4. The molecule has 2 aliphatic rings. The fraction of sp³-hybridized carbons (Fsp3) is 0.364. The number of urea groups is 1. The highest BCUT2D eigenvalue weighted by Gasteiger charge is 2.25. The van der Waals surface area contributed by atoms with Crippen molar-refractivity contribution in [1.29, 1.82) is 0 Å². The van der Waals surface area contributed by atoms with Gasteiger partial charge in [0.15, 0.2) is 0 Å². The lowest BCUT2D eigenvalue weighted by atomic mass is 10.1. The van der Waals surface area contributed by atoms with E-state index in [0.29, 0.717) is 35.4 Å². The van der Waals surface area contributed by atoms with E-state index < -0.39 is 0 Å². The number of carbonyl (C=O) groups excluding carboxylic acids is 2. The minimum Gasteiger partial charge on any atom is -0.368 e.